The summed E-state index contributed by atoms with van der Waals surface area (Å²) in [5, 5.41) is 3.59. The summed E-state index contributed by atoms with van der Waals surface area (Å²) in [4.78, 5) is 0. The molecule has 1 nitrogen and oxygen atoms in total. The summed E-state index contributed by atoms with van der Waals surface area (Å²) >= 11 is 11.6. The first-order valence-corrected chi connectivity index (χ1v) is 7.15. The van der Waals surface area contributed by atoms with Crippen LogP contribution in [0.4, 0.5) is 10.1 Å². The summed E-state index contributed by atoms with van der Waals surface area (Å²) in [6.45, 7) is 4.50. The molecule has 1 aromatic carbocycles. The molecule has 0 heterocycles. The Morgan fingerprint density at radius 1 is 1.11 bits per heavy atom. The summed E-state index contributed by atoms with van der Waals surface area (Å²) in [6.07, 6.45) is 3.74. The van der Waals surface area contributed by atoms with Crippen molar-refractivity contribution in [2.75, 3.05) is 5.32 Å². The average Bonchev–Trinajstić information content (AvgIpc) is 2.31. The van der Waals surface area contributed by atoms with Crippen molar-refractivity contribution in [3.63, 3.8) is 0 Å². The second-order valence-corrected chi connectivity index (χ2v) is 6.12. The van der Waals surface area contributed by atoms with Gasteiger partial charge >= 0.3 is 0 Å². The molecule has 2 rings (SSSR count). The van der Waals surface area contributed by atoms with Gasteiger partial charge in [0.25, 0.3) is 0 Å². The van der Waals surface area contributed by atoms with Gasteiger partial charge in [0.15, 0.2) is 5.82 Å². The van der Waals surface area contributed by atoms with Crippen molar-refractivity contribution in [3.8, 4) is 0 Å². The van der Waals surface area contributed by atoms with Crippen molar-refractivity contribution in [1.29, 1.82) is 0 Å². The molecular formula is C14H18Cl2FN. The topological polar surface area (TPSA) is 12.0 Å². The van der Waals surface area contributed by atoms with Gasteiger partial charge in [-0.25, -0.2) is 4.39 Å². The fourth-order valence-corrected chi connectivity index (χ4v) is 3.28. The zero-order chi connectivity index (χ0) is 13.3. The van der Waals surface area contributed by atoms with E-state index in [1.165, 1.54) is 19.3 Å². The highest BCUT2D eigenvalue weighted by atomic mass is 35.5. The van der Waals surface area contributed by atoms with Crippen molar-refractivity contribution in [2.24, 2.45) is 11.8 Å². The third-order valence-electron chi connectivity index (χ3n) is 3.86. The summed E-state index contributed by atoms with van der Waals surface area (Å²) in [6, 6.07) is 3.62. The van der Waals surface area contributed by atoms with Crippen LogP contribution in [0.1, 0.15) is 33.1 Å². The molecule has 18 heavy (non-hydrogen) atoms. The number of nitrogens with one attached hydrogen (secondary N) is 1. The van der Waals surface area contributed by atoms with Crippen molar-refractivity contribution >= 4 is 28.9 Å². The molecule has 2 atom stereocenters. The van der Waals surface area contributed by atoms with E-state index in [2.05, 4.69) is 19.2 Å². The second-order valence-electron chi connectivity index (χ2n) is 5.31. The molecule has 1 aliphatic rings. The molecule has 0 amide bonds. The molecule has 0 spiro atoms. The second kappa shape index (κ2) is 5.66. The molecule has 0 saturated heterocycles. The van der Waals surface area contributed by atoms with Crippen molar-refractivity contribution in [1.82, 2.24) is 0 Å². The monoisotopic (exact) mass is 289 g/mol. The molecular weight excluding hydrogens is 272 g/mol. The SMILES string of the molecule is CC1CCCC(C)C1Nc1cc(Cl)c(F)c(Cl)c1. The highest BCUT2D eigenvalue weighted by molar-refractivity contribution is 6.35. The standard InChI is InChI=1S/C14H18Cl2FN/c1-8-4-3-5-9(2)14(8)18-10-6-11(15)13(17)12(16)7-10/h6-9,14,18H,3-5H2,1-2H3. The van der Waals surface area contributed by atoms with E-state index in [1.807, 2.05) is 0 Å². The predicted molar refractivity (Wildman–Crippen MR) is 76.0 cm³/mol. The van der Waals surface area contributed by atoms with Gasteiger partial charge < -0.3 is 5.32 Å². The van der Waals surface area contributed by atoms with Crippen LogP contribution < -0.4 is 5.32 Å². The van der Waals surface area contributed by atoms with Gasteiger partial charge in [0, 0.05) is 11.7 Å². The molecule has 4 heteroatoms. The minimum Gasteiger partial charge on any atom is -0.382 e. The molecule has 0 aliphatic heterocycles. The van der Waals surface area contributed by atoms with Gasteiger partial charge in [0.1, 0.15) is 0 Å². The van der Waals surface area contributed by atoms with Gasteiger partial charge in [0.2, 0.25) is 0 Å². The van der Waals surface area contributed by atoms with Crippen LogP contribution in [-0.4, -0.2) is 6.04 Å². The van der Waals surface area contributed by atoms with E-state index in [1.54, 1.807) is 12.1 Å². The molecule has 100 valence electrons. The summed E-state index contributed by atoms with van der Waals surface area (Å²) in [7, 11) is 0. The quantitative estimate of drug-likeness (QED) is 0.722. The van der Waals surface area contributed by atoms with E-state index in [4.69, 9.17) is 23.2 Å². The summed E-state index contributed by atoms with van der Waals surface area (Å²) < 4.78 is 13.4. The van der Waals surface area contributed by atoms with Crippen molar-refractivity contribution in [3.05, 3.63) is 28.0 Å². The Kier molecular flexibility index (Phi) is 4.39. The Morgan fingerprint density at radius 3 is 2.11 bits per heavy atom. The summed E-state index contributed by atoms with van der Waals surface area (Å²) in [5.74, 6) is 0.668. The molecule has 1 aliphatic carbocycles. The van der Waals surface area contributed by atoms with Gasteiger partial charge in [0.05, 0.1) is 10.0 Å². The summed E-state index contributed by atoms with van der Waals surface area (Å²) in [5.41, 5.74) is 0.803. The normalized spacial score (nSPS) is 28.2. The molecule has 0 radical (unpaired) electrons. The first-order valence-electron chi connectivity index (χ1n) is 6.40. The van der Waals surface area contributed by atoms with Crippen LogP contribution >= 0.6 is 23.2 Å². The number of hydrogen-bond acceptors (Lipinski definition) is 1. The van der Waals surface area contributed by atoms with Crippen molar-refractivity contribution in [2.45, 2.75) is 39.2 Å². The van der Waals surface area contributed by atoms with Gasteiger partial charge in [-0.15, -0.1) is 0 Å². The molecule has 1 aromatic rings. The smallest absolute Gasteiger partial charge is 0.160 e. The Bertz CT molecular complexity index is 403. The highest BCUT2D eigenvalue weighted by Gasteiger charge is 2.27. The lowest BCUT2D eigenvalue weighted by atomic mass is 9.78. The third kappa shape index (κ3) is 2.92. The minimum absolute atomic E-state index is 0.0705. The van der Waals surface area contributed by atoms with Crippen LogP contribution in [0, 0.1) is 17.7 Å². The van der Waals surface area contributed by atoms with E-state index in [0.717, 1.165) is 5.69 Å². The molecule has 1 N–H and O–H groups in total. The highest BCUT2D eigenvalue weighted by Crippen LogP contribution is 2.33. The van der Waals surface area contributed by atoms with Gasteiger partial charge in [-0.05, 0) is 36.8 Å². The van der Waals surface area contributed by atoms with Gasteiger partial charge in [-0.3, -0.25) is 0 Å². The third-order valence-corrected chi connectivity index (χ3v) is 4.41. The van der Waals surface area contributed by atoms with Crippen LogP contribution in [0.3, 0.4) is 0 Å². The van der Waals surface area contributed by atoms with Gasteiger partial charge in [-0.1, -0.05) is 43.5 Å². The maximum absolute atomic E-state index is 13.4. The first-order chi connectivity index (χ1) is 8.49. The van der Waals surface area contributed by atoms with Crippen LogP contribution in [0.25, 0.3) is 0 Å². The predicted octanol–water partition coefficient (Wildman–Crippen LogP) is 5.37. The lowest BCUT2D eigenvalue weighted by Crippen LogP contribution is -2.37. The fraction of sp³-hybridized carbons (Fsp3) is 0.571. The van der Waals surface area contributed by atoms with Crippen molar-refractivity contribution < 1.29 is 4.39 Å². The van der Waals surface area contributed by atoms with Gasteiger partial charge in [-0.2, -0.15) is 0 Å². The zero-order valence-corrected chi connectivity index (χ0v) is 12.2. The van der Waals surface area contributed by atoms with Crippen LogP contribution in [0.2, 0.25) is 10.0 Å². The van der Waals surface area contributed by atoms with E-state index < -0.39 is 5.82 Å². The maximum atomic E-state index is 13.4. The molecule has 0 aromatic heterocycles. The Morgan fingerprint density at radius 2 is 1.61 bits per heavy atom. The van der Waals surface area contributed by atoms with Crippen LogP contribution in [0.5, 0.6) is 0 Å². The van der Waals surface area contributed by atoms with E-state index in [0.29, 0.717) is 17.9 Å². The lowest BCUT2D eigenvalue weighted by molar-refractivity contribution is 0.268. The van der Waals surface area contributed by atoms with Crippen LogP contribution in [-0.2, 0) is 0 Å². The fourth-order valence-electron chi connectivity index (χ4n) is 2.80. The lowest BCUT2D eigenvalue weighted by Gasteiger charge is -2.36. The Hall–Kier alpha value is -0.470. The number of hydrogen-bond donors (Lipinski definition) is 1. The first kappa shape index (κ1) is 14.0. The molecule has 0 bridgehead atoms. The molecule has 1 saturated carbocycles. The molecule has 2 unspecified atom stereocenters. The van der Waals surface area contributed by atoms with E-state index in [-0.39, 0.29) is 10.0 Å². The number of halogens is 3. The number of rotatable bonds is 2. The zero-order valence-electron chi connectivity index (χ0n) is 10.6. The Labute approximate surface area is 118 Å². The average molecular weight is 290 g/mol. The van der Waals surface area contributed by atoms with E-state index >= 15 is 0 Å². The maximum Gasteiger partial charge on any atom is 0.160 e. The largest absolute Gasteiger partial charge is 0.382 e. The Balaban J connectivity index is 2.18. The van der Waals surface area contributed by atoms with E-state index in [9.17, 15) is 4.39 Å². The number of anilines is 1. The molecule has 1 fully saturated rings. The van der Waals surface area contributed by atoms with Crippen LogP contribution in [0.15, 0.2) is 12.1 Å². The minimum atomic E-state index is -0.548. The number of benzene rings is 1.